The smallest absolute Gasteiger partial charge is 0.407 e. The predicted octanol–water partition coefficient (Wildman–Crippen LogP) is 2.51. The van der Waals surface area contributed by atoms with E-state index in [0.717, 1.165) is 11.1 Å². The highest BCUT2D eigenvalue weighted by Gasteiger charge is 2.64. The van der Waals surface area contributed by atoms with Gasteiger partial charge in [0.2, 0.25) is 5.78 Å². The minimum absolute atomic E-state index is 0.00161. The maximum absolute atomic E-state index is 14.0. The molecule has 5 rings (SSSR count). The lowest BCUT2D eigenvalue weighted by atomic mass is 9.57. The van der Waals surface area contributed by atoms with Crippen LogP contribution in [0.15, 0.2) is 53.3 Å². The molecule has 2 aromatic carbocycles. The standard InChI is InChI=1S/C33H37N3O9/c1-15(2)14-45-32(43)35-13-16-5-7-17(8-6-16)19-9-10-22(37)24-20(19)11-18-12-21-26(36(3)4)28(39)25(31(34)42)30(41)33(21,44)29(40)23(18)27(24)38/h5-10,15,18,21,26,37-38,41,44H,11-14H2,1-4H3,(H2,34,42)(H,35,43). The van der Waals surface area contributed by atoms with Crippen LogP contribution in [-0.2, 0) is 32.1 Å². The quantitative estimate of drug-likeness (QED) is 0.250. The normalized spacial score (nSPS) is 24.4. The predicted molar refractivity (Wildman–Crippen MR) is 163 cm³/mol. The number of aromatic hydroxyl groups is 1. The summed E-state index contributed by atoms with van der Waals surface area (Å²) >= 11 is 0. The first-order valence-corrected chi connectivity index (χ1v) is 14.7. The van der Waals surface area contributed by atoms with E-state index in [2.05, 4.69) is 5.32 Å². The number of benzene rings is 2. The first-order chi connectivity index (χ1) is 21.2. The molecule has 0 aromatic heterocycles. The van der Waals surface area contributed by atoms with Crippen LogP contribution < -0.4 is 11.1 Å². The van der Waals surface area contributed by atoms with E-state index in [1.54, 1.807) is 20.2 Å². The summed E-state index contributed by atoms with van der Waals surface area (Å²) in [5.74, 6) is -6.74. The van der Waals surface area contributed by atoms with Gasteiger partial charge in [-0.2, -0.15) is 0 Å². The number of phenolic OH excluding ortho intramolecular Hbond substituents is 1. The van der Waals surface area contributed by atoms with E-state index < -0.39 is 64.1 Å². The Kier molecular flexibility index (Phi) is 8.23. The van der Waals surface area contributed by atoms with Crippen LogP contribution in [0.1, 0.15) is 37.0 Å². The summed E-state index contributed by atoms with van der Waals surface area (Å²) in [6.45, 7) is 4.44. The molecule has 12 nitrogen and oxygen atoms in total. The molecule has 12 heteroatoms. The van der Waals surface area contributed by atoms with Gasteiger partial charge in [-0.25, -0.2) is 4.79 Å². The van der Waals surface area contributed by atoms with Gasteiger partial charge in [0, 0.05) is 18.0 Å². The van der Waals surface area contributed by atoms with Crippen LogP contribution >= 0.6 is 0 Å². The second-order valence-electron chi connectivity index (χ2n) is 12.5. The molecule has 4 atom stereocenters. The second kappa shape index (κ2) is 11.7. The van der Waals surface area contributed by atoms with Crippen molar-refractivity contribution in [2.75, 3.05) is 20.7 Å². The number of hydrogen-bond donors (Lipinski definition) is 6. The Morgan fingerprint density at radius 1 is 1.09 bits per heavy atom. The third-order valence-electron chi connectivity index (χ3n) is 8.85. The number of hydrogen-bond acceptors (Lipinski definition) is 10. The van der Waals surface area contributed by atoms with Gasteiger partial charge in [0.1, 0.15) is 22.8 Å². The Labute approximate surface area is 259 Å². The van der Waals surface area contributed by atoms with Crippen molar-refractivity contribution in [3.8, 4) is 16.9 Å². The third-order valence-corrected chi connectivity index (χ3v) is 8.85. The molecule has 0 bridgehead atoms. The molecule has 1 fully saturated rings. The minimum Gasteiger partial charge on any atom is -0.508 e. The first kappa shape index (κ1) is 31.7. The Morgan fingerprint density at radius 3 is 2.36 bits per heavy atom. The van der Waals surface area contributed by atoms with Gasteiger partial charge in [-0.15, -0.1) is 0 Å². The number of alkyl carbamates (subject to hydrolysis) is 1. The van der Waals surface area contributed by atoms with Crippen LogP contribution in [0.3, 0.4) is 0 Å². The number of amides is 2. The number of Topliss-reactive ketones (excluding diaryl/α,β-unsaturated/α-hetero) is 2. The Hall–Kier alpha value is -4.68. The third kappa shape index (κ3) is 5.23. The molecule has 3 aliphatic carbocycles. The van der Waals surface area contributed by atoms with Gasteiger partial charge in [0.05, 0.1) is 18.2 Å². The summed E-state index contributed by atoms with van der Waals surface area (Å²) in [6, 6.07) is 9.25. The number of nitrogens with one attached hydrogen (secondary N) is 1. The lowest BCUT2D eigenvalue weighted by Gasteiger charge is -2.50. The molecule has 3 aliphatic rings. The van der Waals surface area contributed by atoms with Crippen molar-refractivity contribution in [2.45, 2.75) is 44.9 Å². The van der Waals surface area contributed by atoms with Crippen LogP contribution in [-0.4, -0.2) is 81.2 Å². The number of primary amides is 1. The fourth-order valence-corrected chi connectivity index (χ4v) is 6.78. The number of carbonyl (C=O) groups is 4. The highest BCUT2D eigenvalue weighted by atomic mass is 16.5. The molecule has 4 unspecified atom stereocenters. The number of nitrogens with two attached hydrogens (primary N) is 1. The van der Waals surface area contributed by atoms with Gasteiger partial charge in [-0.05, 0) is 67.1 Å². The highest BCUT2D eigenvalue weighted by Crippen LogP contribution is 2.53. The zero-order valence-electron chi connectivity index (χ0n) is 25.5. The maximum Gasteiger partial charge on any atom is 0.407 e. The summed E-state index contributed by atoms with van der Waals surface area (Å²) in [5, 5.41) is 47.8. The molecular formula is C33H37N3O9. The Morgan fingerprint density at radius 2 is 1.76 bits per heavy atom. The molecule has 1 saturated carbocycles. The van der Waals surface area contributed by atoms with Crippen LogP contribution in [0.4, 0.5) is 4.79 Å². The van der Waals surface area contributed by atoms with E-state index in [-0.39, 0.29) is 42.2 Å². The van der Waals surface area contributed by atoms with Crippen molar-refractivity contribution >= 4 is 29.3 Å². The van der Waals surface area contributed by atoms with Gasteiger partial charge in [0.25, 0.3) is 5.91 Å². The van der Waals surface area contributed by atoms with E-state index >= 15 is 0 Å². The summed E-state index contributed by atoms with van der Waals surface area (Å²) in [4.78, 5) is 52.9. The van der Waals surface area contributed by atoms with Crippen LogP contribution in [0.2, 0.25) is 0 Å². The number of rotatable bonds is 7. The molecule has 238 valence electrons. The van der Waals surface area contributed by atoms with Crippen LogP contribution in [0.25, 0.3) is 16.9 Å². The maximum atomic E-state index is 14.0. The van der Waals surface area contributed by atoms with E-state index in [9.17, 15) is 39.6 Å². The summed E-state index contributed by atoms with van der Waals surface area (Å²) < 4.78 is 5.14. The van der Waals surface area contributed by atoms with Crippen molar-refractivity contribution in [2.24, 2.45) is 23.5 Å². The highest BCUT2D eigenvalue weighted by molar-refractivity contribution is 6.24. The number of ether oxygens (including phenoxy) is 1. The van der Waals surface area contributed by atoms with Gasteiger partial charge < -0.3 is 36.2 Å². The number of carbonyl (C=O) groups excluding carboxylic acids is 4. The van der Waals surface area contributed by atoms with Crippen LogP contribution in [0.5, 0.6) is 5.75 Å². The lowest BCUT2D eigenvalue weighted by molar-refractivity contribution is -0.153. The van der Waals surface area contributed by atoms with Gasteiger partial charge >= 0.3 is 6.09 Å². The minimum atomic E-state index is -2.69. The van der Waals surface area contributed by atoms with E-state index in [0.29, 0.717) is 17.7 Å². The number of ketones is 2. The summed E-state index contributed by atoms with van der Waals surface area (Å²) in [7, 11) is 3.11. The molecule has 45 heavy (non-hydrogen) atoms. The number of likely N-dealkylation sites (N-methyl/N-ethyl adjacent to an activating group) is 1. The Balaban J connectivity index is 1.53. The van der Waals surface area contributed by atoms with Gasteiger partial charge in [-0.3, -0.25) is 19.3 Å². The first-order valence-electron chi connectivity index (χ1n) is 14.7. The molecule has 0 spiro atoms. The fraction of sp³-hybridized carbons (Fsp3) is 0.394. The van der Waals surface area contributed by atoms with Gasteiger partial charge in [-0.1, -0.05) is 44.2 Å². The molecule has 0 saturated heterocycles. The monoisotopic (exact) mass is 619 g/mol. The van der Waals surface area contributed by atoms with Crippen molar-refractivity contribution in [3.05, 3.63) is 70.0 Å². The number of phenols is 1. The van der Waals surface area contributed by atoms with Crippen molar-refractivity contribution in [1.82, 2.24) is 10.2 Å². The molecule has 0 aliphatic heterocycles. The Bertz CT molecular complexity index is 1660. The zero-order valence-corrected chi connectivity index (χ0v) is 25.5. The molecular weight excluding hydrogens is 582 g/mol. The number of aliphatic hydroxyl groups excluding tert-OH is 2. The summed E-state index contributed by atoms with van der Waals surface area (Å²) in [6.07, 6.45) is -0.347. The van der Waals surface area contributed by atoms with Crippen LogP contribution in [0, 0.1) is 17.8 Å². The van der Waals surface area contributed by atoms with E-state index in [1.165, 1.54) is 11.0 Å². The molecule has 7 N–H and O–H groups in total. The average Bonchev–Trinajstić information content (AvgIpc) is 2.97. The van der Waals surface area contributed by atoms with Crippen molar-refractivity contribution in [3.63, 3.8) is 0 Å². The van der Waals surface area contributed by atoms with E-state index in [1.807, 2.05) is 38.1 Å². The largest absolute Gasteiger partial charge is 0.508 e. The number of aliphatic hydroxyl groups is 3. The van der Waals surface area contributed by atoms with Crippen molar-refractivity contribution < 1.29 is 44.3 Å². The number of fused-ring (bicyclic) bond motifs is 3. The molecule has 2 aromatic rings. The summed E-state index contributed by atoms with van der Waals surface area (Å²) in [5.41, 5.74) is 4.44. The van der Waals surface area contributed by atoms with Gasteiger partial charge in [0.15, 0.2) is 11.4 Å². The van der Waals surface area contributed by atoms with E-state index in [4.69, 9.17) is 10.5 Å². The fourth-order valence-electron chi connectivity index (χ4n) is 6.78. The molecule has 0 heterocycles. The topological polar surface area (TPSA) is 200 Å². The number of nitrogens with zero attached hydrogens (tertiary/aromatic N) is 1. The second-order valence-corrected chi connectivity index (χ2v) is 12.5. The lowest BCUT2D eigenvalue weighted by Crippen LogP contribution is -2.65. The molecule has 0 radical (unpaired) electrons. The van der Waals surface area contributed by atoms with Crippen molar-refractivity contribution in [1.29, 1.82) is 0 Å². The average molecular weight is 620 g/mol. The SMILES string of the molecule is CC(C)COC(=O)NCc1ccc(-c2ccc(O)c3c2CC2CC4C(N(C)C)C(=O)C(C(N)=O)=C(O)C4(O)C(=O)C2=C3O)cc1. The molecule has 2 amide bonds. The zero-order chi connectivity index (χ0) is 33.0.